The first-order valence-corrected chi connectivity index (χ1v) is 19.2. The number of hydrogen-bond donors (Lipinski definition) is 2. The fourth-order valence-electron chi connectivity index (χ4n) is 7.50. The van der Waals surface area contributed by atoms with Crippen molar-refractivity contribution in [1.82, 2.24) is 19.6 Å². The van der Waals surface area contributed by atoms with Crippen molar-refractivity contribution in [2.75, 3.05) is 31.7 Å². The summed E-state index contributed by atoms with van der Waals surface area (Å²) < 4.78 is 65.3. The standard InChI is InChI=1S/C39H38F2N5O7P/c1-4-6-7-10-17-52-54(50,53-32-12-9-8-11-28(32)38(48)51-3)46-24-14-15-25(46)22-45(21-24)37-30-20-42-35(34(41)36(30)43-39(49)44-37)29-19-26(47)18-23-13-16-31(40)27(5-2)33(23)29/h2,8-9,11-13,16,18-20,24-25,47H,4,6-7,10,14-15,17,21-22H2,1,3H3,(H,43,44,49). The minimum atomic E-state index is -4.07. The summed E-state index contributed by atoms with van der Waals surface area (Å²) in [6, 6.07) is 10.8. The number of piperazine rings is 1. The molecule has 2 fully saturated rings. The van der Waals surface area contributed by atoms with Crippen LogP contribution in [0, 0.1) is 24.0 Å². The van der Waals surface area contributed by atoms with E-state index in [1.807, 2.05) is 4.90 Å². The van der Waals surface area contributed by atoms with Crippen LogP contribution >= 0.6 is 7.75 Å². The van der Waals surface area contributed by atoms with Crippen LogP contribution in [0.15, 0.2) is 59.5 Å². The molecular formula is C39H38F2N5O7P. The highest BCUT2D eigenvalue weighted by molar-refractivity contribution is 7.51. The predicted molar refractivity (Wildman–Crippen MR) is 200 cm³/mol. The number of para-hydroxylation sites is 1. The van der Waals surface area contributed by atoms with Gasteiger partial charge in [0.25, 0.3) is 0 Å². The number of phenols is 1. The van der Waals surface area contributed by atoms with Crippen molar-refractivity contribution in [3.8, 4) is 35.1 Å². The maximum Gasteiger partial charge on any atom is 0.462 e. The van der Waals surface area contributed by atoms with Crippen molar-refractivity contribution in [2.45, 2.75) is 57.5 Å². The third kappa shape index (κ3) is 6.79. The number of rotatable bonds is 12. The van der Waals surface area contributed by atoms with Crippen LogP contribution in [0.4, 0.5) is 14.6 Å². The number of phenolic OH excluding ortho intramolecular Hbond substituents is 1. The molecule has 2 aromatic heterocycles. The summed E-state index contributed by atoms with van der Waals surface area (Å²) >= 11 is 0. The van der Waals surface area contributed by atoms with Crippen LogP contribution in [0.2, 0.25) is 0 Å². The van der Waals surface area contributed by atoms with Crippen LogP contribution in [0.5, 0.6) is 11.5 Å². The summed E-state index contributed by atoms with van der Waals surface area (Å²) in [6.45, 7) is 2.73. The Kier molecular flexibility index (Phi) is 10.4. The fraction of sp³-hybridized carbons (Fsp3) is 0.333. The second-order valence-electron chi connectivity index (χ2n) is 13.3. The van der Waals surface area contributed by atoms with E-state index in [0.717, 1.165) is 19.3 Å². The highest BCUT2D eigenvalue weighted by atomic mass is 31.2. The molecule has 12 nitrogen and oxygen atoms in total. The number of fused-ring (bicyclic) bond motifs is 4. The van der Waals surface area contributed by atoms with Crippen molar-refractivity contribution < 1.29 is 37.0 Å². The Hall–Kier alpha value is -5.35. The first-order chi connectivity index (χ1) is 26.1. The molecule has 15 heteroatoms. The number of aromatic hydroxyl groups is 1. The molecule has 2 N–H and O–H groups in total. The summed E-state index contributed by atoms with van der Waals surface area (Å²) in [4.78, 5) is 38.6. The first kappa shape index (κ1) is 37.0. The van der Waals surface area contributed by atoms with Gasteiger partial charge in [0.15, 0.2) is 5.82 Å². The van der Waals surface area contributed by atoms with Gasteiger partial charge in [0.2, 0.25) is 0 Å². The number of terminal acetylenes is 1. The van der Waals surface area contributed by atoms with Gasteiger partial charge in [0.1, 0.15) is 34.4 Å². The molecule has 0 amide bonds. The van der Waals surface area contributed by atoms with E-state index >= 15 is 4.39 Å². The maximum atomic E-state index is 16.6. The Morgan fingerprint density at radius 3 is 2.59 bits per heavy atom. The van der Waals surface area contributed by atoms with Crippen molar-refractivity contribution in [2.24, 2.45) is 0 Å². The van der Waals surface area contributed by atoms with Crippen molar-refractivity contribution in [3.63, 3.8) is 0 Å². The van der Waals surface area contributed by atoms with E-state index in [2.05, 4.69) is 27.8 Å². The van der Waals surface area contributed by atoms with Crippen LogP contribution in [0.1, 0.15) is 61.4 Å². The fourth-order valence-corrected chi connectivity index (χ4v) is 9.73. The lowest BCUT2D eigenvalue weighted by Gasteiger charge is -2.43. The van der Waals surface area contributed by atoms with E-state index in [0.29, 0.717) is 24.6 Å². The molecule has 0 aliphatic carbocycles. The van der Waals surface area contributed by atoms with Gasteiger partial charge in [-0.05, 0) is 55.0 Å². The van der Waals surface area contributed by atoms with Crippen molar-refractivity contribution in [3.05, 3.63) is 88.0 Å². The van der Waals surface area contributed by atoms with Crippen LogP contribution in [0.25, 0.3) is 32.9 Å². The molecule has 280 valence electrons. The number of carbonyl (C=O) groups excluding carboxylic acids is 1. The number of hydrogen-bond acceptors (Lipinski definition) is 10. The first-order valence-electron chi connectivity index (χ1n) is 17.7. The molecule has 2 aliphatic rings. The van der Waals surface area contributed by atoms with Crippen LogP contribution in [0.3, 0.4) is 0 Å². The van der Waals surface area contributed by atoms with E-state index in [1.165, 1.54) is 43.6 Å². The molecular weight excluding hydrogens is 719 g/mol. The summed E-state index contributed by atoms with van der Waals surface area (Å²) in [6.07, 6.45) is 11.8. The minimum absolute atomic E-state index is 0.0435. The van der Waals surface area contributed by atoms with Gasteiger partial charge in [-0.25, -0.2) is 22.9 Å². The largest absolute Gasteiger partial charge is 0.508 e. The molecule has 3 unspecified atom stereocenters. The molecule has 0 saturated carbocycles. The van der Waals surface area contributed by atoms with Crippen LogP contribution in [-0.2, 0) is 13.8 Å². The lowest BCUT2D eigenvalue weighted by molar-refractivity contribution is 0.0598. The lowest BCUT2D eigenvalue weighted by Crippen LogP contribution is -2.53. The smallest absolute Gasteiger partial charge is 0.462 e. The van der Waals surface area contributed by atoms with Gasteiger partial charge in [0, 0.05) is 42.3 Å². The second-order valence-corrected chi connectivity index (χ2v) is 15.2. The average Bonchev–Trinajstić information content (AvgIpc) is 3.44. The van der Waals surface area contributed by atoms with E-state index < -0.39 is 31.0 Å². The monoisotopic (exact) mass is 757 g/mol. The van der Waals surface area contributed by atoms with E-state index in [-0.39, 0.29) is 87.8 Å². The number of ether oxygens (including phenoxy) is 1. The van der Waals surface area contributed by atoms with Gasteiger partial charge in [0.05, 0.1) is 30.2 Å². The number of esters is 1. The maximum absolute atomic E-state index is 16.6. The second kappa shape index (κ2) is 15.2. The molecule has 7 rings (SSSR count). The van der Waals surface area contributed by atoms with Gasteiger partial charge in [-0.1, -0.05) is 50.3 Å². The number of aromatic amines is 1. The third-order valence-corrected chi connectivity index (χ3v) is 12.1. The molecule has 5 aromatic rings. The number of pyridine rings is 1. The van der Waals surface area contributed by atoms with E-state index in [9.17, 15) is 23.7 Å². The minimum Gasteiger partial charge on any atom is -0.508 e. The topological polar surface area (TPSA) is 147 Å². The molecule has 2 bridgehead atoms. The summed E-state index contributed by atoms with van der Waals surface area (Å²) in [7, 11) is -2.82. The number of halogens is 2. The van der Waals surface area contributed by atoms with E-state index in [1.54, 1.807) is 22.9 Å². The number of anilines is 1. The lowest BCUT2D eigenvalue weighted by atomic mass is 9.96. The number of nitrogens with one attached hydrogen (secondary N) is 1. The Bertz CT molecular complexity index is 2400. The molecule has 0 spiro atoms. The molecule has 3 atom stereocenters. The zero-order valence-electron chi connectivity index (χ0n) is 29.7. The zero-order valence-corrected chi connectivity index (χ0v) is 30.6. The number of carbonyl (C=O) groups is 1. The number of H-pyrrole nitrogens is 1. The molecule has 54 heavy (non-hydrogen) atoms. The Morgan fingerprint density at radius 1 is 1.11 bits per heavy atom. The van der Waals surface area contributed by atoms with Crippen LogP contribution in [-0.4, -0.2) is 69.6 Å². The predicted octanol–water partition coefficient (Wildman–Crippen LogP) is 7.33. The Balaban J connectivity index is 1.24. The average molecular weight is 758 g/mol. The van der Waals surface area contributed by atoms with Crippen molar-refractivity contribution in [1.29, 1.82) is 0 Å². The normalized spacial score (nSPS) is 18.1. The molecule has 3 aromatic carbocycles. The quantitative estimate of drug-likeness (QED) is 0.0571. The number of methoxy groups -OCH3 is 1. The van der Waals surface area contributed by atoms with Gasteiger partial charge in [-0.15, -0.1) is 6.42 Å². The van der Waals surface area contributed by atoms with Crippen molar-refractivity contribution >= 4 is 41.2 Å². The number of nitrogens with zero attached hydrogens (tertiary/aromatic N) is 4. The molecule has 0 radical (unpaired) electrons. The molecule has 2 saturated heterocycles. The van der Waals surface area contributed by atoms with E-state index in [4.69, 9.17) is 20.2 Å². The number of benzene rings is 3. The Labute approximate surface area is 309 Å². The summed E-state index contributed by atoms with van der Waals surface area (Å²) in [5.41, 5.74) is -1.24. The number of aromatic nitrogens is 3. The van der Waals surface area contributed by atoms with Gasteiger partial charge < -0.3 is 24.3 Å². The van der Waals surface area contributed by atoms with Gasteiger partial charge >= 0.3 is 19.4 Å². The zero-order chi connectivity index (χ0) is 38.1. The van der Waals surface area contributed by atoms with Crippen LogP contribution < -0.4 is 15.1 Å². The van der Waals surface area contributed by atoms with Gasteiger partial charge in [-0.2, -0.15) is 9.65 Å². The summed E-state index contributed by atoms with van der Waals surface area (Å²) in [5.74, 6) is 0.0683. The molecule has 4 heterocycles. The SMILES string of the molecule is C#Cc1c(F)ccc2cc(O)cc(-c3ncc4c(N5CC6CCC(C5)N6P(=O)(OCCCCCC)Oc5ccccc5C(=O)OC)nc(=O)[nH]c4c3F)c12. The summed E-state index contributed by atoms with van der Waals surface area (Å²) in [5, 5.41) is 11.2. The molecule has 2 aliphatic heterocycles. The third-order valence-electron chi connectivity index (χ3n) is 9.94. The highest BCUT2D eigenvalue weighted by Gasteiger charge is 2.52. The highest BCUT2D eigenvalue weighted by Crippen LogP contribution is 2.59. The Morgan fingerprint density at radius 2 is 1.87 bits per heavy atom. The number of unbranched alkanes of at least 4 members (excludes halogenated alkanes) is 3. The van der Waals surface area contributed by atoms with Gasteiger partial charge in [-0.3, -0.25) is 9.51 Å².